The Morgan fingerprint density at radius 1 is 1.37 bits per heavy atom. The standard InChI is InChI=1S/C17H18N2O7S.C3H8/c1-8(20)26-19-12-4-5-27-15(17(23)24)11-7-14(21)25-13-6-9(18-16(12)22)2-3-10(11)13;1-3-2/h2-3,6-8,12,15,19-20H,4-5H2,1H3,(H,18,22)(H,23,24);3H2,1-2H3. The average molecular weight is 439 g/mol. The number of amides is 1. The van der Waals surface area contributed by atoms with Crippen LogP contribution < -0.4 is 16.4 Å². The van der Waals surface area contributed by atoms with E-state index in [4.69, 9.17) is 9.25 Å². The molecule has 0 saturated heterocycles. The molecule has 0 fully saturated rings. The van der Waals surface area contributed by atoms with E-state index in [1.807, 2.05) is 0 Å². The molecule has 2 aliphatic rings. The van der Waals surface area contributed by atoms with Gasteiger partial charge in [0, 0.05) is 23.2 Å². The van der Waals surface area contributed by atoms with Gasteiger partial charge in [-0.15, -0.1) is 11.8 Å². The van der Waals surface area contributed by atoms with Crippen molar-refractivity contribution in [3.8, 4) is 0 Å². The zero-order valence-electron chi connectivity index (χ0n) is 17.0. The van der Waals surface area contributed by atoms with Crippen molar-refractivity contribution in [1.82, 2.24) is 5.48 Å². The van der Waals surface area contributed by atoms with Crippen LogP contribution in [0.25, 0.3) is 11.0 Å². The summed E-state index contributed by atoms with van der Waals surface area (Å²) < 4.78 is 5.17. The van der Waals surface area contributed by atoms with Gasteiger partial charge in [0.25, 0.3) is 0 Å². The molecule has 4 rings (SSSR count). The van der Waals surface area contributed by atoms with Crippen molar-refractivity contribution in [3.63, 3.8) is 0 Å². The fourth-order valence-electron chi connectivity index (χ4n) is 2.73. The second-order valence-electron chi connectivity index (χ2n) is 6.69. The molecule has 3 heterocycles. The SMILES string of the molecule is CC(O)ONC1CCSC(C(=O)O)c2cc(=O)oc3cc(ccc23)NC1=O.CCC. The van der Waals surface area contributed by atoms with Crippen molar-refractivity contribution in [3.05, 3.63) is 40.2 Å². The number of aliphatic carboxylic acids is 1. The van der Waals surface area contributed by atoms with Crippen molar-refractivity contribution in [2.24, 2.45) is 0 Å². The summed E-state index contributed by atoms with van der Waals surface area (Å²) in [5.41, 5.74) is 2.76. The zero-order chi connectivity index (χ0) is 22.3. The summed E-state index contributed by atoms with van der Waals surface area (Å²) in [6.07, 6.45) is 0.372. The lowest BCUT2D eigenvalue weighted by Crippen LogP contribution is -2.42. The summed E-state index contributed by atoms with van der Waals surface area (Å²) in [6.45, 7) is 5.64. The highest BCUT2D eigenvalue weighted by Gasteiger charge is 2.27. The van der Waals surface area contributed by atoms with Crippen molar-refractivity contribution in [1.29, 1.82) is 0 Å². The number of anilines is 1. The van der Waals surface area contributed by atoms with E-state index in [1.165, 1.54) is 25.5 Å². The summed E-state index contributed by atoms with van der Waals surface area (Å²) in [5, 5.41) is 21.1. The molecule has 1 aromatic carbocycles. The molecule has 1 amide bonds. The second-order valence-corrected chi connectivity index (χ2v) is 7.91. The summed E-state index contributed by atoms with van der Waals surface area (Å²) in [5.74, 6) is -1.23. The van der Waals surface area contributed by atoms with Crippen LogP contribution in [0.15, 0.2) is 33.5 Å². The number of fused-ring (bicyclic) bond motifs is 7. The fourth-order valence-corrected chi connectivity index (χ4v) is 3.86. The Bertz CT molecular complexity index is 944. The zero-order valence-corrected chi connectivity index (χ0v) is 17.8. The van der Waals surface area contributed by atoms with Crippen LogP contribution in [0, 0.1) is 0 Å². The number of rotatable bonds is 4. The van der Waals surface area contributed by atoms with E-state index in [1.54, 1.807) is 12.1 Å². The van der Waals surface area contributed by atoms with Crippen LogP contribution in [0.2, 0.25) is 0 Å². The molecule has 4 N–H and O–H groups in total. The molecule has 1 aromatic heterocycles. The van der Waals surface area contributed by atoms with Crippen LogP contribution in [-0.4, -0.2) is 40.2 Å². The first-order chi connectivity index (χ1) is 14.3. The van der Waals surface area contributed by atoms with E-state index in [9.17, 15) is 24.6 Å². The first-order valence-electron chi connectivity index (χ1n) is 9.59. The van der Waals surface area contributed by atoms with Gasteiger partial charge in [0.15, 0.2) is 6.29 Å². The number of hydrogen-bond acceptors (Lipinski definition) is 8. The quantitative estimate of drug-likeness (QED) is 0.322. The topological polar surface area (TPSA) is 138 Å². The Morgan fingerprint density at radius 2 is 2.07 bits per heavy atom. The van der Waals surface area contributed by atoms with Crippen LogP contribution in [0.4, 0.5) is 5.69 Å². The van der Waals surface area contributed by atoms with Gasteiger partial charge in [-0.3, -0.25) is 14.4 Å². The van der Waals surface area contributed by atoms with Crippen LogP contribution in [-0.2, 0) is 14.4 Å². The molecule has 0 spiro atoms. The molecule has 2 aromatic rings. The number of carboxylic acid groups (broad SMARTS) is 1. The number of hydroxylamine groups is 1. The molecular weight excluding hydrogens is 412 g/mol. The molecule has 10 heteroatoms. The maximum atomic E-state index is 12.5. The third-order valence-corrected chi connectivity index (χ3v) is 5.20. The van der Waals surface area contributed by atoms with Gasteiger partial charge in [-0.25, -0.2) is 4.79 Å². The van der Waals surface area contributed by atoms with Crippen LogP contribution in [0.1, 0.15) is 44.4 Å². The number of hydrogen-bond donors (Lipinski definition) is 4. The predicted octanol–water partition coefficient (Wildman–Crippen LogP) is 2.64. The number of carbonyl (C=O) groups is 2. The number of aliphatic hydroxyl groups is 1. The lowest BCUT2D eigenvalue weighted by atomic mass is 10.1. The van der Waals surface area contributed by atoms with Crippen molar-refractivity contribution >= 4 is 40.3 Å². The van der Waals surface area contributed by atoms with E-state index >= 15 is 0 Å². The lowest BCUT2D eigenvalue weighted by Gasteiger charge is -2.21. The molecule has 0 aliphatic carbocycles. The van der Waals surface area contributed by atoms with Crippen LogP contribution in [0.5, 0.6) is 0 Å². The monoisotopic (exact) mass is 438 g/mol. The summed E-state index contributed by atoms with van der Waals surface area (Å²) in [4.78, 5) is 41.1. The summed E-state index contributed by atoms with van der Waals surface area (Å²) in [6, 6.07) is 5.04. The number of aliphatic hydroxyl groups excluding tert-OH is 1. The third-order valence-electron chi connectivity index (χ3n) is 3.94. The molecule has 9 nitrogen and oxygen atoms in total. The second kappa shape index (κ2) is 11.1. The number of nitrogens with one attached hydrogen (secondary N) is 2. The van der Waals surface area contributed by atoms with E-state index in [0.717, 1.165) is 11.8 Å². The van der Waals surface area contributed by atoms with Gasteiger partial charge in [-0.05, 0) is 36.8 Å². The number of benzene rings is 1. The minimum atomic E-state index is -1.12. The third kappa shape index (κ3) is 6.30. The van der Waals surface area contributed by atoms with E-state index in [-0.39, 0.29) is 12.0 Å². The molecule has 30 heavy (non-hydrogen) atoms. The smallest absolute Gasteiger partial charge is 0.336 e. The van der Waals surface area contributed by atoms with E-state index < -0.39 is 35.1 Å². The molecule has 0 radical (unpaired) electrons. The Morgan fingerprint density at radius 3 is 2.70 bits per heavy atom. The van der Waals surface area contributed by atoms with Crippen LogP contribution in [0.3, 0.4) is 0 Å². The lowest BCUT2D eigenvalue weighted by molar-refractivity contribution is -0.152. The molecule has 2 aliphatic heterocycles. The highest BCUT2D eigenvalue weighted by Crippen LogP contribution is 2.35. The number of thioether (sulfide) groups is 1. The van der Waals surface area contributed by atoms with Gasteiger partial charge in [0.2, 0.25) is 5.91 Å². The highest BCUT2D eigenvalue weighted by molar-refractivity contribution is 8.00. The van der Waals surface area contributed by atoms with Gasteiger partial charge in [0.1, 0.15) is 16.9 Å². The van der Waals surface area contributed by atoms with Crippen molar-refractivity contribution in [2.75, 3.05) is 11.1 Å². The fraction of sp³-hybridized carbons (Fsp3) is 0.450. The summed E-state index contributed by atoms with van der Waals surface area (Å²) in [7, 11) is 0. The largest absolute Gasteiger partial charge is 0.480 e. The first-order valence-corrected chi connectivity index (χ1v) is 10.6. The molecule has 164 valence electrons. The Kier molecular flexibility index (Phi) is 8.85. The van der Waals surface area contributed by atoms with Crippen molar-refractivity contribution < 1.29 is 29.1 Å². The summed E-state index contributed by atoms with van der Waals surface area (Å²) >= 11 is 1.09. The van der Waals surface area contributed by atoms with Crippen molar-refractivity contribution in [2.45, 2.75) is 51.2 Å². The van der Waals surface area contributed by atoms with E-state index in [2.05, 4.69) is 24.6 Å². The highest BCUT2D eigenvalue weighted by atomic mass is 32.2. The average Bonchev–Trinajstić information content (AvgIpc) is 2.65. The first kappa shape index (κ1) is 23.9. The Hall–Kier alpha value is -2.40. The van der Waals surface area contributed by atoms with Gasteiger partial charge in [-0.2, -0.15) is 5.48 Å². The molecule has 3 unspecified atom stereocenters. The van der Waals surface area contributed by atoms with Crippen LogP contribution >= 0.6 is 11.8 Å². The van der Waals surface area contributed by atoms with E-state index in [0.29, 0.717) is 22.4 Å². The Balaban J connectivity index is 0.00000101. The van der Waals surface area contributed by atoms with Gasteiger partial charge in [-0.1, -0.05) is 20.3 Å². The molecule has 3 atom stereocenters. The minimum Gasteiger partial charge on any atom is -0.480 e. The minimum absolute atomic E-state index is 0.187. The predicted molar refractivity (Wildman–Crippen MR) is 114 cm³/mol. The maximum absolute atomic E-state index is 12.5. The number of carbonyl (C=O) groups excluding carboxylic acids is 1. The van der Waals surface area contributed by atoms with Gasteiger partial charge >= 0.3 is 11.6 Å². The van der Waals surface area contributed by atoms with Gasteiger partial charge < -0.3 is 19.9 Å². The normalized spacial score (nSPS) is 19.9. The number of carboxylic acids is 1. The molecule has 4 bridgehead atoms. The molecule has 0 saturated carbocycles. The Labute approximate surface area is 177 Å². The van der Waals surface area contributed by atoms with Gasteiger partial charge in [0.05, 0.1) is 0 Å². The maximum Gasteiger partial charge on any atom is 0.336 e. The molecular formula is C20H26N2O7S.